The lowest BCUT2D eigenvalue weighted by atomic mass is 9.80. The summed E-state index contributed by atoms with van der Waals surface area (Å²) < 4.78 is 30.1. The lowest BCUT2D eigenvalue weighted by Crippen LogP contribution is -2.64. The van der Waals surface area contributed by atoms with Crippen molar-refractivity contribution in [2.24, 2.45) is 29.6 Å². The molecule has 12 heteroatoms. The fourth-order valence-electron chi connectivity index (χ4n) is 9.12. The lowest BCUT2D eigenvalue weighted by molar-refractivity contribution is -0.302. The summed E-state index contributed by atoms with van der Waals surface area (Å²) in [6, 6.07) is -1.03. The highest BCUT2D eigenvalue weighted by Crippen LogP contribution is 2.40. The number of aliphatic hydroxyl groups is 1. The number of cyclic esters (lactones) is 1. The number of carbonyl (C=O) groups excluding carboxylic acids is 4. The molecule has 2 unspecified atom stereocenters. The predicted molar refractivity (Wildman–Crippen MR) is 210 cm³/mol. The molecule has 3 heterocycles. The molecule has 2 saturated heterocycles. The third-order valence-corrected chi connectivity index (χ3v) is 12.8. The highest BCUT2D eigenvalue weighted by atomic mass is 35.5. The minimum Gasteiger partial charge on any atom is -0.456 e. The molecule has 1 amide bonds. The molecule has 4 rings (SSSR count). The van der Waals surface area contributed by atoms with E-state index < -0.39 is 59.8 Å². The highest BCUT2D eigenvalue weighted by Gasteiger charge is 2.56. The number of nitrogens with zero attached hydrogens (tertiary/aromatic N) is 1. The van der Waals surface area contributed by atoms with Crippen LogP contribution in [0.3, 0.4) is 0 Å². The molecule has 1 saturated carbocycles. The molecule has 0 radical (unpaired) electrons. The topological polar surface area (TPSA) is 138 Å². The number of Topliss-reactive ketones (excluding diaryl/α,β-unsaturated/α-hetero) is 1. The van der Waals surface area contributed by atoms with Gasteiger partial charge in [0.25, 0.3) is 11.7 Å². The van der Waals surface area contributed by atoms with E-state index in [-0.39, 0.29) is 53.9 Å². The Hall–Kier alpha value is -2.41. The number of hydrogen-bond donors (Lipinski definition) is 1. The normalized spacial score (nSPS) is 42.0. The minimum atomic E-state index is -2.47. The minimum absolute atomic E-state index is 0.0191. The lowest BCUT2D eigenvalue weighted by Gasteiger charge is -2.47. The van der Waals surface area contributed by atoms with E-state index in [4.69, 9.17) is 35.3 Å². The first-order chi connectivity index (χ1) is 26.1. The van der Waals surface area contributed by atoms with E-state index in [0.717, 1.165) is 11.1 Å². The number of fused-ring (bicyclic) bond motifs is 3. The maximum atomic E-state index is 14.3. The Balaban J connectivity index is 1.77. The van der Waals surface area contributed by atoms with E-state index in [0.29, 0.717) is 57.8 Å². The number of alkyl halides is 1. The summed E-state index contributed by atoms with van der Waals surface area (Å²) in [7, 11) is 4.73. The van der Waals surface area contributed by atoms with Crippen LogP contribution in [0.1, 0.15) is 106 Å². The Morgan fingerprint density at radius 2 is 1.58 bits per heavy atom. The second-order valence-corrected chi connectivity index (χ2v) is 17.2. The first kappa shape index (κ1) is 45.3. The van der Waals surface area contributed by atoms with Crippen LogP contribution in [0, 0.1) is 29.6 Å². The van der Waals surface area contributed by atoms with Gasteiger partial charge in [-0.3, -0.25) is 14.4 Å². The molecule has 13 atom stereocenters. The number of amides is 1. The molecule has 55 heavy (non-hydrogen) atoms. The van der Waals surface area contributed by atoms with Gasteiger partial charge in [-0.1, -0.05) is 51.5 Å². The number of allylic oxidation sites excluding steroid dienone is 5. The third-order valence-electron chi connectivity index (χ3n) is 12.3. The number of hydrogen-bond acceptors (Lipinski definition) is 10. The largest absolute Gasteiger partial charge is 0.456 e. The van der Waals surface area contributed by atoms with Crippen molar-refractivity contribution in [3.05, 3.63) is 35.5 Å². The van der Waals surface area contributed by atoms with Gasteiger partial charge in [-0.25, -0.2) is 4.79 Å². The van der Waals surface area contributed by atoms with Gasteiger partial charge in [0.1, 0.15) is 18.2 Å². The predicted octanol–water partition coefficient (Wildman–Crippen LogP) is 6.52. The van der Waals surface area contributed by atoms with Crippen LogP contribution in [0.5, 0.6) is 0 Å². The molecule has 0 aromatic carbocycles. The van der Waals surface area contributed by atoms with Crippen LogP contribution in [0.25, 0.3) is 0 Å². The Bertz CT molecular complexity index is 1450. The fraction of sp³-hybridized carbons (Fsp3) is 0.767. The molecule has 1 aliphatic carbocycles. The summed E-state index contributed by atoms with van der Waals surface area (Å²) >= 11 is 6.61. The van der Waals surface area contributed by atoms with E-state index in [1.807, 2.05) is 45.9 Å². The first-order valence-corrected chi connectivity index (χ1v) is 20.8. The SMILES string of the molecule is CC[C@@H]1/C=C(\C)C[C@H](C)C[C@H](OC)[C@H]2O[C@@](O)(C(=O)C(=O)N3CCCC[C@H]3C(=O)OC(C3CC[C@H](Cl)[C@H](OC)C3)/C(C)=C/[C@H](C)/C=C/C1=O)[C@H](C)C[C@@H]2OC. The van der Waals surface area contributed by atoms with Gasteiger partial charge in [-0.2, -0.15) is 0 Å². The van der Waals surface area contributed by atoms with Crippen molar-refractivity contribution in [3.63, 3.8) is 0 Å². The highest BCUT2D eigenvalue weighted by molar-refractivity contribution is 6.39. The van der Waals surface area contributed by atoms with Gasteiger partial charge in [0.15, 0.2) is 5.78 Å². The van der Waals surface area contributed by atoms with Crippen LogP contribution in [0.2, 0.25) is 0 Å². The van der Waals surface area contributed by atoms with Gasteiger partial charge in [-0.15, -0.1) is 11.6 Å². The molecule has 310 valence electrons. The van der Waals surface area contributed by atoms with Gasteiger partial charge in [0, 0.05) is 45.6 Å². The van der Waals surface area contributed by atoms with Gasteiger partial charge in [0.2, 0.25) is 5.79 Å². The van der Waals surface area contributed by atoms with E-state index in [1.165, 1.54) is 4.90 Å². The van der Waals surface area contributed by atoms with Crippen molar-refractivity contribution in [2.75, 3.05) is 27.9 Å². The molecule has 0 spiro atoms. The number of ketones is 2. The average Bonchev–Trinajstić information content (AvgIpc) is 3.17. The Kier molecular flexibility index (Phi) is 16.7. The molecule has 3 fully saturated rings. The molecule has 2 bridgehead atoms. The third kappa shape index (κ3) is 11.0. The second kappa shape index (κ2) is 20.3. The van der Waals surface area contributed by atoms with E-state index in [9.17, 15) is 24.3 Å². The maximum Gasteiger partial charge on any atom is 0.329 e. The van der Waals surface area contributed by atoms with Crippen molar-refractivity contribution in [1.29, 1.82) is 0 Å². The van der Waals surface area contributed by atoms with Crippen molar-refractivity contribution >= 4 is 35.0 Å². The van der Waals surface area contributed by atoms with Crippen molar-refractivity contribution < 1.29 is 48.0 Å². The van der Waals surface area contributed by atoms with Crippen LogP contribution in [0.15, 0.2) is 35.5 Å². The van der Waals surface area contributed by atoms with Gasteiger partial charge in [0.05, 0.1) is 23.7 Å². The summed E-state index contributed by atoms with van der Waals surface area (Å²) in [5, 5.41) is 11.9. The summed E-state index contributed by atoms with van der Waals surface area (Å²) in [5.74, 6) is -6.42. The number of halogens is 1. The fourth-order valence-corrected chi connectivity index (χ4v) is 9.45. The van der Waals surface area contributed by atoms with Gasteiger partial charge >= 0.3 is 5.97 Å². The standard InChI is InChI=1S/C43H66ClNO10/c1-10-30-21-26(3)19-27(4)22-36(52-8)39-37(53-9)23-29(6)43(50,55-39)40(47)41(48)45-18-12-11-13-33(45)42(49)54-38(28(5)20-25(2)14-17-34(30)46)31-15-16-32(44)35(24-31)51-7/h14,17,20-21,25,27,29-33,35-39,50H,10-13,15-16,18-19,22-24H2,1-9H3/b17-14+,26-21+,28-20+/t25-,27+,29-,30-,31?,32+,33+,35-,36+,37+,38?,39-,43-/m1/s1. The summed E-state index contributed by atoms with van der Waals surface area (Å²) in [4.78, 5) is 57.5. The van der Waals surface area contributed by atoms with Crippen molar-refractivity contribution in [2.45, 2.75) is 153 Å². The number of carbonyl (C=O) groups is 4. The number of rotatable bonds is 5. The summed E-state index contributed by atoms with van der Waals surface area (Å²) in [6.45, 7) is 11.8. The molecular weight excluding hydrogens is 726 g/mol. The van der Waals surface area contributed by atoms with Crippen LogP contribution in [0.4, 0.5) is 0 Å². The van der Waals surface area contributed by atoms with Gasteiger partial charge < -0.3 is 33.7 Å². The Labute approximate surface area is 333 Å². The van der Waals surface area contributed by atoms with E-state index in [2.05, 4.69) is 6.92 Å². The molecular formula is C43H66ClNO10. The molecule has 1 N–H and O–H groups in total. The number of piperidine rings is 1. The summed E-state index contributed by atoms with van der Waals surface area (Å²) in [6.07, 6.45) is 10.3. The molecule has 0 aromatic heterocycles. The number of methoxy groups -OCH3 is 3. The van der Waals surface area contributed by atoms with Crippen molar-refractivity contribution in [3.8, 4) is 0 Å². The Morgan fingerprint density at radius 3 is 2.24 bits per heavy atom. The molecule has 11 nitrogen and oxygen atoms in total. The Morgan fingerprint density at radius 1 is 0.909 bits per heavy atom. The van der Waals surface area contributed by atoms with Crippen LogP contribution in [-0.4, -0.2) is 109 Å². The monoisotopic (exact) mass is 791 g/mol. The van der Waals surface area contributed by atoms with Crippen molar-refractivity contribution in [1.82, 2.24) is 4.90 Å². The van der Waals surface area contributed by atoms with E-state index in [1.54, 1.807) is 34.3 Å². The number of ether oxygens (including phenoxy) is 5. The quantitative estimate of drug-likeness (QED) is 0.142. The molecule has 0 aromatic rings. The first-order valence-electron chi connectivity index (χ1n) is 20.3. The van der Waals surface area contributed by atoms with Gasteiger partial charge in [-0.05, 0) is 102 Å². The molecule has 3 aliphatic heterocycles. The van der Waals surface area contributed by atoms with Crippen LogP contribution < -0.4 is 0 Å². The van der Waals surface area contributed by atoms with E-state index >= 15 is 0 Å². The second-order valence-electron chi connectivity index (χ2n) is 16.6. The summed E-state index contributed by atoms with van der Waals surface area (Å²) in [5.41, 5.74) is 1.88. The maximum absolute atomic E-state index is 14.3. The smallest absolute Gasteiger partial charge is 0.329 e. The zero-order chi connectivity index (χ0) is 40.6. The van der Waals surface area contributed by atoms with Crippen LogP contribution in [-0.2, 0) is 42.9 Å². The molecule has 4 aliphatic rings. The zero-order valence-electron chi connectivity index (χ0n) is 34.5. The zero-order valence-corrected chi connectivity index (χ0v) is 35.2. The van der Waals surface area contributed by atoms with Crippen LogP contribution >= 0.6 is 11.6 Å². The average molecular weight is 792 g/mol. The number of esters is 1.